The molecule has 4 heteroatoms. The summed E-state index contributed by atoms with van der Waals surface area (Å²) in [5.41, 5.74) is 1.66. The van der Waals surface area contributed by atoms with Gasteiger partial charge in [-0.15, -0.1) is 0 Å². The Morgan fingerprint density at radius 1 is 1.39 bits per heavy atom. The summed E-state index contributed by atoms with van der Waals surface area (Å²) in [5, 5.41) is 0. The summed E-state index contributed by atoms with van der Waals surface area (Å²) in [6, 6.07) is 3.77. The van der Waals surface area contributed by atoms with Crippen LogP contribution in [0, 0.1) is 0 Å². The standard InChI is InChI=1S/C14H17BrO3/c1-4-10(9-16)6-11-7-12(15)14(17-3)13(8-11)18-5-2/h6-9H,4-5H2,1-3H3. The van der Waals surface area contributed by atoms with Crippen LogP contribution in [0.4, 0.5) is 0 Å². The number of ether oxygens (including phenoxy) is 2. The molecule has 0 atom stereocenters. The number of hydrogen-bond acceptors (Lipinski definition) is 3. The van der Waals surface area contributed by atoms with Gasteiger partial charge in [0.2, 0.25) is 0 Å². The fraction of sp³-hybridized carbons (Fsp3) is 0.357. The molecule has 0 aliphatic rings. The van der Waals surface area contributed by atoms with Gasteiger partial charge in [-0.3, -0.25) is 4.79 Å². The summed E-state index contributed by atoms with van der Waals surface area (Å²) in [6.45, 7) is 4.42. The average molecular weight is 313 g/mol. The van der Waals surface area contributed by atoms with Gasteiger partial charge in [-0.1, -0.05) is 6.92 Å². The molecule has 0 aliphatic heterocycles. The second-order valence-corrected chi connectivity index (χ2v) is 4.51. The zero-order valence-electron chi connectivity index (χ0n) is 10.8. The smallest absolute Gasteiger partial charge is 0.174 e. The lowest BCUT2D eigenvalue weighted by Crippen LogP contribution is -1.97. The van der Waals surface area contributed by atoms with Crippen LogP contribution in [0.2, 0.25) is 0 Å². The van der Waals surface area contributed by atoms with E-state index in [-0.39, 0.29) is 0 Å². The van der Waals surface area contributed by atoms with Gasteiger partial charge in [0.25, 0.3) is 0 Å². The third-order valence-electron chi connectivity index (χ3n) is 2.45. The van der Waals surface area contributed by atoms with Crippen LogP contribution in [-0.4, -0.2) is 20.0 Å². The number of rotatable bonds is 6. The van der Waals surface area contributed by atoms with Gasteiger partial charge in [-0.2, -0.15) is 0 Å². The zero-order valence-corrected chi connectivity index (χ0v) is 12.4. The lowest BCUT2D eigenvalue weighted by molar-refractivity contribution is -0.104. The van der Waals surface area contributed by atoms with E-state index < -0.39 is 0 Å². The summed E-state index contributed by atoms with van der Waals surface area (Å²) >= 11 is 3.44. The molecule has 0 aromatic heterocycles. The molecule has 1 aromatic carbocycles. The lowest BCUT2D eigenvalue weighted by atomic mass is 10.1. The number of allylic oxidation sites excluding steroid dienone is 1. The van der Waals surface area contributed by atoms with Gasteiger partial charge >= 0.3 is 0 Å². The van der Waals surface area contributed by atoms with Crippen molar-refractivity contribution in [2.24, 2.45) is 0 Å². The van der Waals surface area contributed by atoms with Crippen LogP contribution in [0.1, 0.15) is 25.8 Å². The van der Waals surface area contributed by atoms with Crippen molar-refractivity contribution < 1.29 is 14.3 Å². The van der Waals surface area contributed by atoms with E-state index in [9.17, 15) is 4.79 Å². The van der Waals surface area contributed by atoms with Crippen molar-refractivity contribution in [1.29, 1.82) is 0 Å². The molecule has 0 heterocycles. The van der Waals surface area contributed by atoms with Crippen LogP contribution in [0.3, 0.4) is 0 Å². The van der Waals surface area contributed by atoms with Gasteiger partial charge in [0, 0.05) is 0 Å². The minimum Gasteiger partial charge on any atom is -0.492 e. The van der Waals surface area contributed by atoms with Crippen molar-refractivity contribution in [2.45, 2.75) is 20.3 Å². The summed E-state index contributed by atoms with van der Waals surface area (Å²) < 4.78 is 11.6. The number of halogens is 1. The van der Waals surface area contributed by atoms with Crippen molar-refractivity contribution in [3.8, 4) is 11.5 Å². The second-order valence-electron chi connectivity index (χ2n) is 3.66. The quantitative estimate of drug-likeness (QED) is 0.591. The lowest BCUT2D eigenvalue weighted by Gasteiger charge is -2.12. The minimum atomic E-state index is 0.560. The molecular weight excluding hydrogens is 296 g/mol. The van der Waals surface area contributed by atoms with Crippen LogP contribution in [-0.2, 0) is 4.79 Å². The van der Waals surface area contributed by atoms with Gasteiger partial charge in [-0.05, 0) is 58.6 Å². The molecule has 0 saturated carbocycles. The van der Waals surface area contributed by atoms with E-state index in [1.165, 1.54) is 0 Å². The maximum atomic E-state index is 10.8. The Morgan fingerprint density at radius 2 is 2.11 bits per heavy atom. The number of carbonyl (C=O) groups excluding carboxylic acids is 1. The van der Waals surface area contributed by atoms with E-state index >= 15 is 0 Å². The van der Waals surface area contributed by atoms with E-state index in [2.05, 4.69) is 15.9 Å². The Balaban J connectivity index is 3.23. The number of aldehydes is 1. The monoisotopic (exact) mass is 312 g/mol. The first-order valence-corrected chi connectivity index (χ1v) is 6.61. The summed E-state index contributed by atoms with van der Waals surface area (Å²) in [7, 11) is 1.60. The van der Waals surface area contributed by atoms with Crippen molar-refractivity contribution in [3.05, 3.63) is 27.7 Å². The Bertz CT molecular complexity index is 453. The fourth-order valence-electron chi connectivity index (χ4n) is 1.57. The highest BCUT2D eigenvalue weighted by Gasteiger charge is 2.10. The van der Waals surface area contributed by atoms with Gasteiger partial charge in [0.15, 0.2) is 11.5 Å². The van der Waals surface area contributed by atoms with E-state index in [0.29, 0.717) is 24.5 Å². The zero-order chi connectivity index (χ0) is 13.5. The molecule has 18 heavy (non-hydrogen) atoms. The van der Waals surface area contributed by atoms with Gasteiger partial charge in [0.1, 0.15) is 6.29 Å². The van der Waals surface area contributed by atoms with Crippen LogP contribution in [0.15, 0.2) is 22.2 Å². The molecule has 0 saturated heterocycles. The van der Waals surface area contributed by atoms with Gasteiger partial charge < -0.3 is 9.47 Å². The van der Waals surface area contributed by atoms with E-state index in [4.69, 9.17) is 9.47 Å². The average Bonchev–Trinajstić information content (AvgIpc) is 2.36. The second kappa shape index (κ2) is 7.21. The number of methoxy groups -OCH3 is 1. The van der Waals surface area contributed by atoms with E-state index in [1.54, 1.807) is 7.11 Å². The highest BCUT2D eigenvalue weighted by molar-refractivity contribution is 9.10. The SMILES string of the molecule is CCOc1cc(C=C(C=O)CC)cc(Br)c1OC. The van der Waals surface area contributed by atoms with Crippen LogP contribution < -0.4 is 9.47 Å². The maximum absolute atomic E-state index is 10.8. The molecule has 0 amide bonds. The largest absolute Gasteiger partial charge is 0.492 e. The summed E-state index contributed by atoms with van der Waals surface area (Å²) in [6.07, 6.45) is 3.43. The molecule has 1 aromatic rings. The highest BCUT2D eigenvalue weighted by atomic mass is 79.9. The predicted molar refractivity (Wildman–Crippen MR) is 76.2 cm³/mol. The Morgan fingerprint density at radius 3 is 2.61 bits per heavy atom. The normalized spacial score (nSPS) is 11.2. The third kappa shape index (κ3) is 3.60. The van der Waals surface area contributed by atoms with Crippen LogP contribution >= 0.6 is 15.9 Å². The molecule has 0 radical (unpaired) electrons. The molecule has 1 rings (SSSR count). The molecule has 3 nitrogen and oxygen atoms in total. The molecule has 0 spiro atoms. The van der Waals surface area contributed by atoms with Gasteiger partial charge in [-0.25, -0.2) is 0 Å². The molecule has 98 valence electrons. The molecule has 0 unspecified atom stereocenters. The Hall–Kier alpha value is -1.29. The predicted octanol–water partition coefficient (Wildman–Crippen LogP) is 3.85. The van der Waals surface area contributed by atoms with Crippen molar-refractivity contribution in [3.63, 3.8) is 0 Å². The third-order valence-corrected chi connectivity index (χ3v) is 3.04. The summed E-state index contributed by atoms with van der Waals surface area (Å²) in [5.74, 6) is 1.33. The van der Waals surface area contributed by atoms with Crippen molar-refractivity contribution >= 4 is 28.3 Å². The number of benzene rings is 1. The Labute approximate surface area is 116 Å². The topological polar surface area (TPSA) is 35.5 Å². The molecule has 0 bridgehead atoms. The summed E-state index contributed by atoms with van der Waals surface area (Å²) in [4.78, 5) is 10.8. The molecule has 0 N–H and O–H groups in total. The van der Waals surface area contributed by atoms with Gasteiger partial charge in [0.05, 0.1) is 18.2 Å². The first-order valence-electron chi connectivity index (χ1n) is 5.82. The maximum Gasteiger partial charge on any atom is 0.174 e. The first-order chi connectivity index (χ1) is 8.65. The fourth-order valence-corrected chi connectivity index (χ4v) is 2.19. The van der Waals surface area contributed by atoms with Crippen molar-refractivity contribution in [1.82, 2.24) is 0 Å². The van der Waals surface area contributed by atoms with Crippen LogP contribution in [0.5, 0.6) is 11.5 Å². The highest BCUT2D eigenvalue weighted by Crippen LogP contribution is 2.37. The number of hydrogen-bond donors (Lipinski definition) is 0. The molecular formula is C14H17BrO3. The van der Waals surface area contributed by atoms with Crippen LogP contribution in [0.25, 0.3) is 6.08 Å². The minimum absolute atomic E-state index is 0.560. The first kappa shape index (κ1) is 14.8. The number of carbonyl (C=O) groups is 1. The Kier molecular flexibility index (Phi) is 5.92. The molecule has 0 fully saturated rings. The molecule has 0 aliphatic carbocycles. The van der Waals surface area contributed by atoms with E-state index in [1.807, 2.05) is 32.1 Å². The van der Waals surface area contributed by atoms with E-state index in [0.717, 1.165) is 21.9 Å². The van der Waals surface area contributed by atoms with Crippen molar-refractivity contribution in [2.75, 3.05) is 13.7 Å².